The lowest BCUT2D eigenvalue weighted by Crippen LogP contribution is -2.65. The molecule has 2 bridgehead atoms. The Bertz CT molecular complexity index is 455. The molecular formula is C12H20O5Si3. The van der Waals surface area contributed by atoms with Crippen molar-refractivity contribution in [2.24, 2.45) is 11.8 Å². The maximum absolute atomic E-state index is 11.8. The van der Waals surface area contributed by atoms with E-state index < -0.39 is 41.8 Å². The molecule has 0 N–H and O–H groups in total. The second kappa shape index (κ2) is 4.57. The molecule has 4 atom stereocenters. The zero-order valence-corrected chi connectivity index (χ0v) is 16.3. The summed E-state index contributed by atoms with van der Waals surface area (Å²) >= 11 is 0. The van der Waals surface area contributed by atoms with Crippen molar-refractivity contribution in [1.29, 1.82) is 0 Å². The lowest BCUT2D eigenvalue weighted by molar-refractivity contribution is -0.0519. The molecule has 3 aliphatic rings. The number of carbonyl (C=O) groups excluding carboxylic acids is 2. The van der Waals surface area contributed by atoms with Crippen LogP contribution in [0.3, 0.4) is 0 Å². The van der Waals surface area contributed by atoms with Crippen LogP contribution in [0.25, 0.3) is 0 Å². The molecule has 8 heteroatoms. The molecular weight excluding hydrogens is 308 g/mol. The molecule has 4 unspecified atom stereocenters. The van der Waals surface area contributed by atoms with Crippen LogP contribution in [0.4, 0.5) is 9.59 Å². The van der Waals surface area contributed by atoms with Gasteiger partial charge in [0.1, 0.15) is 10.4 Å². The molecule has 1 saturated heterocycles. The van der Waals surface area contributed by atoms with Crippen molar-refractivity contribution in [1.82, 2.24) is 0 Å². The quantitative estimate of drug-likeness (QED) is 0.314. The average molecular weight is 329 g/mol. The Morgan fingerprint density at radius 1 is 0.950 bits per heavy atom. The van der Waals surface area contributed by atoms with Crippen LogP contribution >= 0.6 is 0 Å². The van der Waals surface area contributed by atoms with Gasteiger partial charge in [0.05, 0.1) is 19.0 Å². The van der Waals surface area contributed by atoms with E-state index in [1.165, 1.54) is 0 Å². The van der Waals surface area contributed by atoms with Crippen LogP contribution in [0.2, 0.25) is 25.2 Å². The van der Waals surface area contributed by atoms with Crippen LogP contribution in [0.15, 0.2) is 12.2 Å². The third-order valence-corrected chi connectivity index (χ3v) is 12.4. The van der Waals surface area contributed by atoms with Gasteiger partial charge in [0, 0.05) is 21.4 Å². The minimum absolute atomic E-state index is 0.242. The van der Waals surface area contributed by atoms with E-state index in [0.29, 0.717) is 5.54 Å². The van der Waals surface area contributed by atoms with Gasteiger partial charge in [0.25, 0.3) is 0 Å². The number of ether oxygens (including phenoxy) is 3. The van der Waals surface area contributed by atoms with Crippen LogP contribution in [0, 0.1) is 11.8 Å². The summed E-state index contributed by atoms with van der Waals surface area (Å²) in [5.41, 5.74) is 0.550. The standard InChI is InChI=1S/C12H20O5Si3/c1-18-8-6-4-5-7(8)12(20-3)11(6,19-2)16-9(13)15-10(14)17-12/h4-8H,18-20H2,1-3H3. The van der Waals surface area contributed by atoms with Crippen LogP contribution in [-0.4, -0.2) is 51.3 Å². The molecule has 1 saturated carbocycles. The van der Waals surface area contributed by atoms with Gasteiger partial charge in [-0.05, 0) is 5.54 Å². The normalized spacial score (nSPS) is 47.2. The van der Waals surface area contributed by atoms with Gasteiger partial charge in [-0.2, -0.15) is 0 Å². The minimum atomic E-state index is -0.869. The highest BCUT2D eigenvalue weighted by atomic mass is 28.2. The largest absolute Gasteiger partial charge is 0.518 e. The van der Waals surface area contributed by atoms with Crippen LogP contribution in [0.5, 0.6) is 0 Å². The molecule has 1 heterocycles. The van der Waals surface area contributed by atoms with Gasteiger partial charge < -0.3 is 14.2 Å². The van der Waals surface area contributed by atoms with Gasteiger partial charge in [-0.15, -0.1) is 0 Å². The molecule has 2 fully saturated rings. The fraction of sp³-hybridized carbons (Fsp3) is 0.667. The number of rotatable bonds is 3. The lowest BCUT2D eigenvalue weighted by atomic mass is 9.99. The SMILES string of the molecule is C[SiH2]C1C2C=CC1C1([SiH2]C)OC(=O)OC(=O)OC21[SiH2]C. The van der Waals surface area contributed by atoms with E-state index >= 15 is 0 Å². The van der Waals surface area contributed by atoms with Gasteiger partial charge in [-0.1, -0.05) is 31.8 Å². The first-order valence-electron chi connectivity index (χ1n) is 7.36. The summed E-state index contributed by atoms with van der Waals surface area (Å²) in [5.74, 6) is 0.485. The van der Waals surface area contributed by atoms with E-state index in [2.05, 4.69) is 36.5 Å². The predicted molar refractivity (Wildman–Crippen MR) is 82.6 cm³/mol. The second-order valence-corrected chi connectivity index (χ2v) is 11.1. The maximum atomic E-state index is 11.8. The molecule has 2 aliphatic carbocycles. The highest BCUT2D eigenvalue weighted by Crippen LogP contribution is 2.62. The zero-order valence-electron chi connectivity index (χ0n) is 12.0. The molecule has 0 aromatic heterocycles. The van der Waals surface area contributed by atoms with Crippen molar-refractivity contribution in [3.63, 3.8) is 0 Å². The van der Waals surface area contributed by atoms with Crippen LogP contribution in [0.1, 0.15) is 0 Å². The van der Waals surface area contributed by atoms with E-state index in [9.17, 15) is 9.59 Å². The van der Waals surface area contributed by atoms with Gasteiger partial charge in [0.2, 0.25) is 0 Å². The number of cyclic esters (lactones) is 2. The molecule has 0 aromatic rings. The molecule has 20 heavy (non-hydrogen) atoms. The number of carbonyl (C=O) groups is 2. The molecule has 0 spiro atoms. The molecule has 1 aliphatic heterocycles. The zero-order chi connectivity index (χ0) is 14.5. The van der Waals surface area contributed by atoms with E-state index in [-0.39, 0.29) is 21.4 Å². The fourth-order valence-corrected chi connectivity index (χ4v) is 13.2. The molecule has 0 amide bonds. The second-order valence-electron chi connectivity index (χ2n) is 5.80. The summed E-state index contributed by atoms with van der Waals surface area (Å²) < 4.78 is 16.1. The Hall–Kier alpha value is -0.869. The van der Waals surface area contributed by atoms with Crippen molar-refractivity contribution in [3.05, 3.63) is 12.2 Å². The maximum Gasteiger partial charge on any atom is 0.518 e. The number of fused-ring (bicyclic) bond motifs is 5. The molecule has 0 aromatic carbocycles. The van der Waals surface area contributed by atoms with Gasteiger partial charge in [-0.25, -0.2) is 9.59 Å². The Morgan fingerprint density at radius 2 is 1.40 bits per heavy atom. The summed E-state index contributed by atoms with van der Waals surface area (Å²) in [4.78, 5) is 23.6. The number of hydrogen-bond acceptors (Lipinski definition) is 5. The molecule has 0 radical (unpaired) electrons. The summed E-state index contributed by atoms with van der Waals surface area (Å²) in [7, 11) is -1.74. The van der Waals surface area contributed by atoms with Crippen molar-refractivity contribution in [2.45, 2.75) is 35.6 Å². The molecule has 5 nitrogen and oxygen atoms in total. The Labute approximate surface area is 124 Å². The van der Waals surface area contributed by atoms with Crippen LogP contribution in [-0.2, 0) is 14.2 Å². The topological polar surface area (TPSA) is 61.8 Å². The predicted octanol–water partition coefficient (Wildman–Crippen LogP) is -0.0626. The van der Waals surface area contributed by atoms with Crippen LogP contribution < -0.4 is 0 Å². The first-order valence-corrected chi connectivity index (χ1v) is 13.8. The highest BCUT2D eigenvalue weighted by molar-refractivity contribution is 6.50. The highest BCUT2D eigenvalue weighted by Gasteiger charge is 2.73. The van der Waals surface area contributed by atoms with E-state index in [4.69, 9.17) is 9.47 Å². The first-order chi connectivity index (χ1) is 9.54. The fourth-order valence-electron chi connectivity index (χ4n) is 4.75. The van der Waals surface area contributed by atoms with Crippen molar-refractivity contribution >= 4 is 40.9 Å². The molecule has 3 rings (SSSR count). The van der Waals surface area contributed by atoms with E-state index in [1.807, 2.05) is 0 Å². The third-order valence-electron chi connectivity index (χ3n) is 5.46. The summed E-state index contributed by atoms with van der Waals surface area (Å²) in [6, 6.07) is 0. The van der Waals surface area contributed by atoms with Crippen molar-refractivity contribution in [2.75, 3.05) is 0 Å². The van der Waals surface area contributed by atoms with E-state index in [0.717, 1.165) is 0 Å². The smallest absolute Gasteiger partial charge is 0.427 e. The molecule has 110 valence electrons. The average Bonchev–Trinajstić information content (AvgIpc) is 2.89. The Morgan fingerprint density at radius 3 is 1.75 bits per heavy atom. The van der Waals surface area contributed by atoms with E-state index in [1.54, 1.807) is 0 Å². The summed E-state index contributed by atoms with van der Waals surface area (Å²) in [6.45, 7) is 6.58. The Balaban J connectivity index is 2.18. The lowest BCUT2D eigenvalue weighted by Gasteiger charge is -2.46. The Kier molecular flexibility index (Phi) is 3.22. The summed E-state index contributed by atoms with van der Waals surface area (Å²) in [5, 5.41) is -1.13. The van der Waals surface area contributed by atoms with Gasteiger partial charge in [-0.3, -0.25) is 0 Å². The van der Waals surface area contributed by atoms with Crippen molar-refractivity contribution in [3.8, 4) is 0 Å². The van der Waals surface area contributed by atoms with Gasteiger partial charge in [0.15, 0.2) is 0 Å². The monoisotopic (exact) mass is 328 g/mol. The van der Waals surface area contributed by atoms with Gasteiger partial charge >= 0.3 is 12.3 Å². The van der Waals surface area contributed by atoms with Crippen molar-refractivity contribution < 1.29 is 23.8 Å². The first kappa shape index (κ1) is 14.1. The summed E-state index contributed by atoms with van der Waals surface area (Å²) in [6.07, 6.45) is 2.67. The third kappa shape index (κ3) is 1.47. The number of hydrogen-bond donors (Lipinski definition) is 0. The minimum Gasteiger partial charge on any atom is -0.427 e.